The van der Waals surface area contributed by atoms with E-state index in [1.807, 2.05) is 24.3 Å². The second-order valence-electron chi connectivity index (χ2n) is 7.22. The number of carbonyl (C=O) groups is 2. The van der Waals surface area contributed by atoms with Crippen molar-refractivity contribution in [3.63, 3.8) is 0 Å². The Morgan fingerprint density at radius 2 is 1.62 bits per heavy atom. The minimum Gasteiger partial charge on any atom is -0.496 e. The molecule has 1 amide bonds. The number of piperidine rings is 1. The number of aromatic nitrogens is 1. The normalized spacial score (nSPS) is 14.8. The van der Waals surface area contributed by atoms with Gasteiger partial charge in [0.1, 0.15) is 17.1 Å². The van der Waals surface area contributed by atoms with Crippen molar-refractivity contribution in [3.05, 3.63) is 59.8 Å². The second-order valence-corrected chi connectivity index (χ2v) is 7.22. The zero-order chi connectivity index (χ0) is 20.4. The van der Waals surface area contributed by atoms with Gasteiger partial charge in [0.2, 0.25) is 0 Å². The Labute approximate surface area is 169 Å². The standard InChI is InChI=1S/C23H24N2O4/c1-28-19-8-5-9-20(29-2)21(19)23(27)25-12-10-15(11-13-25)22(26)17-14-24-18-7-4-3-6-16(17)18/h3-9,14-15,24H,10-13H2,1-2H3. The first-order valence-corrected chi connectivity index (χ1v) is 9.74. The van der Waals surface area contributed by atoms with Crippen LogP contribution in [0.1, 0.15) is 33.6 Å². The third-order valence-corrected chi connectivity index (χ3v) is 5.65. The fourth-order valence-corrected chi connectivity index (χ4v) is 4.06. The predicted molar refractivity (Wildman–Crippen MR) is 111 cm³/mol. The number of fused-ring (bicyclic) bond motifs is 1. The summed E-state index contributed by atoms with van der Waals surface area (Å²) in [6.45, 7) is 1.05. The molecule has 6 heteroatoms. The summed E-state index contributed by atoms with van der Waals surface area (Å²) < 4.78 is 10.7. The first-order valence-electron chi connectivity index (χ1n) is 9.74. The van der Waals surface area contributed by atoms with Crippen molar-refractivity contribution in [2.24, 2.45) is 5.92 Å². The maximum atomic E-state index is 13.1. The van der Waals surface area contributed by atoms with E-state index in [4.69, 9.17) is 9.47 Å². The van der Waals surface area contributed by atoms with Gasteiger partial charge in [-0.2, -0.15) is 0 Å². The van der Waals surface area contributed by atoms with E-state index >= 15 is 0 Å². The lowest BCUT2D eigenvalue weighted by Crippen LogP contribution is -2.40. The van der Waals surface area contributed by atoms with Crippen molar-refractivity contribution in [1.82, 2.24) is 9.88 Å². The largest absolute Gasteiger partial charge is 0.496 e. The molecule has 1 fully saturated rings. The molecule has 0 aliphatic carbocycles. The number of ether oxygens (including phenoxy) is 2. The number of hydrogen-bond acceptors (Lipinski definition) is 4. The van der Waals surface area contributed by atoms with E-state index in [9.17, 15) is 9.59 Å². The lowest BCUT2D eigenvalue weighted by Gasteiger charge is -2.32. The lowest BCUT2D eigenvalue weighted by atomic mass is 9.88. The summed E-state index contributed by atoms with van der Waals surface area (Å²) in [5.41, 5.74) is 2.13. The zero-order valence-corrected chi connectivity index (χ0v) is 16.6. The molecule has 0 atom stereocenters. The highest BCUT2D eigenvalue weighted by Gasteiger charge is 2.31. The number of benzene rings is 2. The number of methoxy groups -OCH3 is 2. The quantitative estimate of drug-likeness (QED) is 0.668. The van der Waals surface area contributed by atoms with Crippen molar-refractivity contribution >= 4 is 22.6 Å². The van der Waals surface area contributed by atoms with Crippen LogP contribution in [0, 0.1) is 5.92 Å². The van der Waals surface area contributed by atoms with E-state index in [-0.39, 0.29) is 17.6 Å². The number of Topliss-reactive ketones (excluding diaryl/α,β-unsaturated/α-hetero) is 1. The van der Waals surface area contributed by atoms with E-state index in [0.717, 1.165) is 16.5 Å². The van der Waals surface area contributed by atoms with Crippen LogP contribution in [0.2, 0.25) is 0 Å². The molecule has 1 aliphatic heterocycles. The van der Waals surface area contributed by atoms with Gasteiger partial charge in [0, 0.05) is 41.7 Å². The molecule has 0 unspecified atom stereocenters. The molecule has 29 heavy (non-hydrogen) atoms. The van der Waals surface area contributed by atoms with Crippen molar-refractivity contribution in [1.29, 1.82) is 0 Å². The first-order chi connectivity index (χ1) is 14.1. The van der Waals surface area contributed by atoms with Crippen LogP contribution in [0.3, 0.4) is 0 Å². The van der Waals surface area contributed by atoms with E-state index in [1.54, 1.807) is 29.3 Å². The monoisotopic (exact) mass is 392 g/mol. The van der Waals surface area contributed by atoms with Crippen LogP contribution in [-0.2, 0) is 0 Å². The van der Waals surface area contributed by atoms with E-state index < -0.39 is 0 Å². The van der Waals surface area contributed by atoms with Crippen LogP contribution in [0.25, 0.3) is 10.9 Å². The first kappa shape index (κ1) is 19.1. The molecule has 2 heterocycles. The lowest BCUT2D eigenvalue weighted by molar-refractivity contribution is 0.0645. The molecule has 3 aromatic rings. The number of rotatable bonds is 5. The number of ketones is 1. The van der Waals surface area contributed by atoms with Gasteiger partial charge in [-0.15, -0.1) is 0 Å². The van der Waals surface area contributed by atoms with E-state index in [2.05, 4.69) is 4.98 Å². The van der Waals surface area contributed by atoms with Crippen LogP contribution in [-0.4, -0.2) is 48.9 Å². The van der Waals surface area contributed by atoms with Gasteiger partial charge < -0.3 is 19.4 Å². The number of H-pyrrole nitrogens is 1. The number of aromatic amines is 1. The van der Waals surface area contributed by atoms with Crippen molar-refractivity contribution in [3.8, 4) is 11.5 Å². The highest BCUT2D eigenvalue weighted by atomic mass is 16.5. The molecule has 4 rings (SSSR count). The van der Waals surface area contributed by atoms with Crippen molar-refractivity contribution in [2.75, 3.05) is 27.3 Å². The highest BCUT2D eigenvalue weighted by Crippen LogP contribution is 2.32. The molecule has 0 spiro atoms. The molecular formula is C23H24N2O4. The second kappa shape index (κ2) is 7.99. The number of hydrogen-bond donors (Lipinski definition) is 1. The fraction of sp³-hybridized carbons (Fsp3) is 0.304. The number of nitrogens with zero attached hydrogens (tertiary/aromatic N) is 1. The van der Waals surface area contributed by atoms with Crippen molar-refractivity contribution < 1.29 is 19.1 Å². The predicted octanol–water partition coefficient (Wildman–Crippen LogP) is 3.92. The van der Waals surface area contributed by atoms with Gasteiger partial charge in [-0.3, -0.25) is 9.59 Å². The van der Waals surface area contributed by atoms with Gasteiger partial charge in [-0.05, 0) is 31.0 Å². The molecule has 0 radical (unpaired) electrons. The molecule has 6 nitrogen and oxygen atoms in total. The summed E-state index contributed by atoms with van der Waals surface area (Å²) >= 11 is 0. The maximum Gasteiger partial charge on any atom is 0.261 e. The van der Waals surface area contributed by atoms with Crippen LogP contribution < -0.4 is 9.47 Å². The molecule has 1 saturated heterocycles. The average Bonchev–Trinajstić information content (AvgIpc) is 3.21. The number of nitrogens with one attached hydrogen (secondary N) is 1. The summed E-state index contributed by atoms with van der Waals surface area (Å²) in [5.74, 6) is 0.914. The topological polar surface area (TPSA) is 71.6 Å². The summed E-state index contributed by atoms with van der Waals surface area (Å²) in [4.78, 5) is 31.1. The Morgan fingerprint density at radius 3 is 2.28 bits per heavy atom. The molecule has 1 N–H and O–H groups in total. The highest BCUT2D eigenvalue weighted by molar-refractivity contribution is 6.09. The smallest absolute Gasteiger partial charge is 0.261 e. The van der Waals surface area contributed by atoms with Crippen LogP contribution in [0.5, 0.6) is 11.5 Å². The number of amides is 1. The number of carbonyl (C=O) groups excluding carboxylic acids is 2. The van der Waals surface area contributed by atoms with Gasteiger partial charge in [0.15, 0.2) is 5.78 Å². The van der Waals surface area contributed by atoms with E-state index in [0.29, 0.717) is 43.0 Å². The number of para-hydroxylation sites is 1. The molecule has 2 aromatic carbocycles. The molecule has 0 saturated carbocycles. The Hall–Kier alpha value is -3.28. The summed E-state index contributed by atoms with van der Waals surface area (Å²) in [6.07, 6.45) is 3.08. The number of likely N-dealkylation sites (tertiary alicyclic amines) is 1. The van der Waals surface area contributed by atoms with Gasteiger partial charge in [-0.1, -0.05) is 24.3 Å². The minimum atomic E-state index is -0.128. The third kappa shape index (κ3) is 3.46. The van der Waals surface area contributed by atoms with Crippen LogP contribution in [0.4, 0.5) is 0 Å². The van der Waals surface area contributed by atoms with Crippen LogP contribution >= 0.6 is 0 Å². The third-order valence-electron chi connectivity index (χ3n) is 5.65. The van der Waals surface area contributed by atoms with Gasteiger partial charge in [0.25, 0.3) is 5.91 Å². The van der Waals surface area contributed by atoms with Crippen molar-refractivity contribution in [2.45, 2.75) is 12.8 Å². The summed E-state index contributed by atoms with van der Waals surface area (Å²) in [5, 5.41) is 0.953. The molecule has 0 bridgehead atoms. The molecule has 150 valence electrons. The Bertz CT molecular complexity index is 1030. The van der Waals surface area contributed by atoms with Gasteiger partial charge in [0.05, 0.1) is 14.2 Å². The summed E-state index contributed by atoms with van der Waals surface area (Å²) in [7, 11) is 3.08. The van der Waals surface area contributed by atoms with Gasteiger partial charge >= 0.3 is 0 Å². The molecule has 1 aromatic heterocycles. The van der Waals surface area contributed by atoms with Gasteiger partial charge in [-0.25, -0.2) is 0 Å². The molecular weight excluding hydrogens is 368 g/mol. The van der Waals surface area contributed by atoms with Crippen LogP contribution in [0.15, 0.2) is 48.7 Å². The minimum absolute atomic E-state index is 0.0854. The SMILES string of the molecule is COc1cccc(OC)c1C(=O)N1CCC(C(=O)c2c[nH]c3ccccc23)CC1. The maximum absolute atomic E-state index is 13.1. The molecule has 1 aliphatic rings. The Balaban J connectivity index is 1.49. The zero-order valence-electron chi connectivity index (χ0n) is 16.6. The average molecular weight is 392 g/mol. The Morgan fingerprint density at radius 1 is 0.966 bits per heavy atom. The van der Waals surface area contributed by atoms with E-state index in [1.165, 1.54) is 14.2 Å². The summed E-state index contributed by atoms with van der Waals surface area (Å²) in [6, 6.07) is 13.1. The fourth-order valence-electron chi connectivity index (χ4n) is 4.06. The Kier molecular flexibility index (Phi) is 5.25.